The SMILES string of the molecule is C[C@@H](NC(=O)c1c(N)nc2cccnn12)c1nc2cccc(C#Cc3cnn(C)c3)c2c(=O)n1Nc1ccccc1. The fraction of sp³-hybridized carbons (Fsp3) is 0.103. The topological polar surface area (TPSA) is 150 Å². The summed E-state index contributed by atoms with van der Waals surface area (Å²) in [6.07, 6.45) is 4.98. The number of amides is 1. The van der Waals surface area contributed by atoms with Crippen molar-refractivity contribution in [3.05, 3.63) is 112 Å². The second kappa shape index (κ2) is 10.3. The zero-order valence-electron chi connectivity index (χ0n) is 22.1. The molecule has 2 aromatic carbocycles. The van der Waals surface area contributed by atoms with E-state index in [1.54, 1.807) is 54.3 Å². The molecule has 0 bridgehead atoms. The number of nitrogen functional groups attached to an aromatic ring is 1. The highest BCUT2D eigenvalue weighted by molar-refractivity contribution is 5.98. The quantitative estimate of drug-likeness (QED) is 0.280. The lowest BCUT2D eigenvalue weighted by Gasteiger charge is -2.20. The summed E-state index contributed by atoms with van der Waals surface area (Å²) in [5, 5.41) is 11.6. The van der Waals surface area contributed by atoms with Crippen molar-refractivity contribution >= 4 is 34.0 Å². The molecule has 0 spiro atoms. The number of fused-ring (bicyclic) bond motifs is 2. The van der Waals surface area contributed by atoms with Crippen LogP contribution in [0, 0.1) is 11.8 Å². The van der Waals surface area contributed by atoms with Gasteiger partial charge in [0.2, 0.25) is 0 Å². The van der Waals surface area contributed by atoms with Gasteiger partial charge in [-0.1, -0.05) is 36.1 Å². The molecule has 1 atom stereocenters. The number of nitrogens with one attached hydrogen (secondary N) is 2. The van der Waals surface area contributed by atoms with Crippen molar-refractivity contribution in [3.8, 4) is 11.8 Å². The molecule has 0 aliphatic carbocycles. The summed E-state index contributed by atoms with van der Waals surface area (Å²) in [5.74, 6) is 5.94. The van der Waals surface area contributed by atoms with Crippen LogP contribution in [-0.4, -0.2) is 39.9 Å². The van der Waals surface area contributed by atoms with Crippen molar-refractivity contribution in [1.82, 2.24) is 39.4 Å². The van der Waals surface area contributed by atoms with Crippen LogP contribution in [0.3, 0.4) is 0 Å². The first-order valence-corrected chi connectivity index (χ1v) is 12.7. The van der Waals surface area contributed by atoms with Crippen LogP contribution in [0.2, 0.25) is 0 Å². The van der Waals surface area contributed by atoms with Crippen LogP contribution in [0.5, 0.6) is 0 Å². The number of rotatable bonds is 5. The average Bonchev–Trinajstić information content (AvgIpc) is 3.55. The minimum atomic E-state index is -0.727. The molecule has 4 heterocycles. The van der Waals surface area contributed by atoms with E-state index in [9.17, 15) is 9.59 Å². The second-order valence-electron chi connectivity index (χ2n) is 9.28. The van der Waals surface area contributed by atoms with Gasteiger partial charge in [-0.05, 0) is 43.3 Å². The summed E-state index contributed by atoms with van der Waals surface area (Å²) in [5.41, 5.74) is 11.7. The number of carbonyl (C=O) groups is 1. The smallest absolute Gasteiger partial charge is 0.281 e. The summed E-state index contributed by atoms with van der Waals surface area (Å²) in [6, 6.07) is 17.2. The Bertz CT molecular complexity index is 2050. The van der Waals surface area contributed by atoms with Crippen molar-refractivity contribution < 1.29 is 4.79 Å². The first-order valence-electron chi connectivity index (χ1n) is 12.7. The number of nitrogens with two attached hydrogens (primary N) is 1. The van der Waals surface area contributed by atoms with Crippen LogP contribution in [0.25, 0.3) is 16.6 Å². The van der Waals surface area contributed by atoms with E-state index in [0.717, 1.165) is 0 Å². The first kappa shape index (κ1) is 25.3. The van der Waals surface area contributed by atoms with Crippen LogP contribution < -0.4 is 22.0 Å². The molecular formula is C29H24N10O2. The molecule has 0 radical (unpaired) electrons. The number of aromatic nitrogens is 7. The molecule has 0 aliphatic heterocycles. The fourth-order valence-electron chi connectivity index (χ4n) is 4.46. The molecule has 0 aliphatic rings. The second-order valence-corrected chi connectivity index (χ2v) is 9.28. The molecule has 4 N–H and O–H groups in total. The predicted octanol–water partition coefficient (Wildman–Crippen LogP) is 2.52. The third-order valence-corrected chi connectivity index (χ3v) is 6.35. The van der Waals surface area contributed by atoms with Gasteiger partial charge < -0.3 is 11.1 Å². The molecule has 12 nitrogen and oxygen atoms in total. The lowest BCUT2D eigenvalue weighted by Crippen LogP contribution is -2.37. The van der Waals surface area contributed by atoms with Crippen LogP contribution in [0.4, 0.5) is 11.5 Å². The number of carbonyl (C=O) groups excluding carboxylic acids is 1. The Labute approximate surface area is 233 Å². The van der Waals surface area contributed by atoms with Crippen molar-refractivity contribution in [2.24, 2.45) is 7.05 Å². The largest absolute Gasteiger partial charge is 0.382 e. The van der Waals surface area contributed by atoms with Gasteiger partial charge in [-0.15, -0.1) is 0 Å². The number of benzene rings is 2. The maximum Gasteiger partial charge on any atom is 0.281 e. The van der Waals surface area contributed by atoms with E-state index in [4.69, 9.17) is 10.7 Å². The van der Waals surface area contributed by atoms with Crippen molar-refractivity contribution in [2.75, 3.05) is 11.2 Å². The molecule has 0 fully saturated rings. The first-order chi connectivity index (χ1) is 19.9. The Balaban J connectivity index is 1.45. The predicted molar refractivity (Wildman–Crippen MR) is 154 cm³/mol. The number of para-hydroxylation sites is 1. The van der Waals surface area contributed by atoms with E-state index in [0.29, 0.717) is 33.4 Å². The van der Waals surface area contributed by atoms with Crippen LogP contribution >= 0.6 is 0 Å². The third-order valence-electron chi connectivity index (χ3n) is 6.35. The van der Waals surface area contributed by atoms with Gasteiger partial charge >= 0.3 is 0 Å². The number of aryl methyl sites for hydroxylation is 1. The minimum absolute atomic E-state index is 0.0384. The highest BCUT2D eigenvalue weighted by Gasteiger charge is 2.24. The highest BCUT2D eigenvalue weighted by atomic mass is 16.2. The van der Waals surface area contributed by atoms with Gasteiger partial charge in [-0.25, -0.2) is 19.2 Å². The Morgan fingerprint density at radius 3 is 2.61 bits per heavy atom. The molecule has 1 amide bonds. The molecule has 0 saturated carbocycles. The lowest BCUT2D eigenvalue weighted by molar-refractivity contribution is 0.0931. The van der Waals surface area contributed by atoms with Crippen molar-refractivity contribution in [2.45, 2.75) is 13.0 Å². The van der Waals surface area contributed by atoms with E-state index in [1.807, 2.05) is 37.4 Å². The molecule has 202 valence electrons. The van der Waals surface area contributed by atoms with Gasteiger partial charge in [-0.3, -0.25) is 19.7 Å². The minimum Gasteiger partial charge on any atom is -0.382 e. The van der Waals surface area contributed by atoms with Gasteiger partial charge in [0, 0.05) is 25.0 Å². The molecule has 12 heteroatoms. The molecule has 0 saturated heterocycles. The van der Waals surface area contributed by atoms with Gasteiger partial charge in [0.05, 0.1) is 34.4 Å². The third kappa shape index (κ3) is 4.83. The van der Waals surface area contributed by atoms with E-state index >= 15 is 0 Å². The number of imidazole rings is 1. The summed E-state index contributed by atoms with van der Waals surface area (Å²) in [6.45, 7) is 1.73. The number of hydrogen-bond donors (Lipinski definition) is 3. The Hall–Kier alpha value is -5.96. The number of nitrogens with zero attached hydrogens (tertiary/aromatic N) is 7. The monoisotopic (exact) mass is 544 g/mol. The normalized spacial score (nSPS) is 11.7. The van der Waals surface area contributed by atoms with Crippen LogP contribution in [-0.2, 0) is 7.05 Å². The van der Waals surface area contributed by atoms with Crippen molar-refractivity contribution in [1.29, 1.82) is 0 Å². The number of anilines is 2. The summed E-state index contributed by atoms with van der Waals surface area (Å²) in [7, 11) is 1.81. The van der Waals surface area contributed by atoms with Crippen LogP contribution in [0.15, 0.2) is 84.0 Å². The van der Waals surface area contributed by atoms with E-state index < -0.39 is 11.9 Å². The molecular weight excluding hydrogens is 520 g/mol. The summed E-state index contributed by atoms with van der Waals surface area (Å²) in [4.78, 5) is 36.4. The molecule has 6 aromatic rings. The fourth-order valence-corrected chi connectivity index (χ4v) is 4.46. The van der Waals surface area contributed by atoms with Gasteiger partial charge in [0.1, 0.15) is 0 Å². The van der Waals surface area contributed by atoms with Crippen molar-refractivity contribution in [3.63, 3.8) is 0 Å². The highest BCUT2D eigenvalue weighted by Crippen LogP contribution is 2.20. The van der Waals surface area contributed by atoms with Gasteiger partial charge in [0.25, 0.3) is 11.5 Å². The lowest BCUT2D eigenvalue weighted by atomic mass is 10.1. The maximum absolute atomic E-state index is 14.1. The molecule has 41 heavy (non-hydrogen) atoms. The van der Waals surface area contributed by atoms with Gasteiger partial charge in [0.15, 0.2) is 23.0 Å². The summed E-state index contributed by atoms with van der Waals surface area (Å²) < 4.78 is 4.35. The molecule has 6 rings (SSSR count). The molecule has 0 unspecified atom stereocenters. The van der Waals surface area contributed by atoms with E-state index in [2.05, 4.69) is 37.8 Å². The average molecular weight is 545 g/mol. The maximum atomic E-state index is 14.1. The van der Waals surface area contributed by atoms with E-state index in [-0.39, 0.29) is 22.9 Å². The number of hydrogen-bond acceptors (Lipinski definition) is 8. The Morgan fingerprint density at radius 2 is 1.83 bits per heavy atom. The van der Waals surface area contributed by atoms with Gasteiger partial charge in [-0.2, -0.15) is 10.2 Å². The summed E-state index contributed by atoms with van der Waals surface area (Å²) >= 11 is 0. The Morgan fingerprint density at radius 1 is 1.00 bits per heavy atom. The standard InChI is InChI=1S/C29H24N10O2/c1-18(33-28(40)25-26(30)35-23-12-7-15-31-38(23)25)27-34-22-11-6-8-20(14-13-19-16-32-37(2)17-19)24(22)29(41)39(27)36-21-9-4-3-5-10-21/h3-12,15-18,36H,30H2,1-2H3,(H,33,40)/t18-/m1/s1. The molecule has 4 aromatic heterocycles. The Kier molecular flexibility index (Phi) is 6.37. The van der Waals surface area contributed by atoms with E-state index in [1.165, 1.54) is 15.4 Å². The van der Waals surface area contributed by atoms with Crippen LogP contribution in [0.1, 0.15) is 40.4 Å². The zero-order valence-corrected chi connectivity index (χ0v) is 22.1. The zero-order chi connectivity index (χ0) is 28.5.